The topological polar surface area (TPSA) is 49.4 Å². The number of halogens is 2. The second-order valence-electron chi connectivity index (χ2n) is 4.93. The van der Waals surface area contributed by atoms with Gasteiger partial charge in [0.15, 0.2) is 0 Å². The van der Waals surface area contributed by atoms with Crippen molar-refractivity contribution < 1.29 is 9.59 Å². The maximum Gasteiger partial charge on any atom is 0.250 e. The molecule has 0 radical (unpaired) electrons. The predicted molar refractivity (Wildman–Crippen MR) is 82.9 cm³/mol. The van der Waals surface area contributed by atoms with E-state index in [1.54, 1.807) is 18.2 Å². The minimum absolute atomic E-state index is 0.0186. The Hall–Kier alpha value is -1.07. The average Bonchev–Trinajstić information content (AvgIpc) is 2.43. The van der Waals surface area contributed by atoms with E-state index >= 15 is 0 Å². The number of carbonyl (C=O) groups is 2. The molecule has 0 bridgehead atoms. The molecule has 0 aliphatic carbocycles. The average molecular weight is 360 g/mol. The number of nitrogens with one attached hydrogen (secondary N) is 1. The standard InChI is InChI=1S/C14H16BrClN2O2/c1-3-8(2)13-14(20)18(7-11(19)17-13)10-6-4-5-9(16)12(10)15/h4-6,8,13H,3,7H2,1-2H3,(H,17,19). The molecule has 1 saturated heterocycles. The van der Waals surface area contributed by atoms with Crippen molar-refractivity contribution in [2.45, 2.75) is 26.3 Å². The van der Waals surface area contributed by atoms with Gasteiger partial charge in [-0.3, -0.25) is 9.59 Å². The second kappa shape index (κ2) is 6.14. The molecule has 1 aliphatic rings. The monoisotopic (exact) mass is 358 g/mol. The van der Waals surface area contributed by atoms with Gasteiger partial charge in [-0.15, -0.1) is 0 Å². The molecule has 2 amide bonds. The van der Waals surface area contributed by atoms with Gasteiger partial charge in [-0.2, -0.15) is 0 Å². The van der Waals surface area contributed by atoms with Crippen LogP contribution >= 0.6 is 27.5 Å². The van der Waals surface area contributed by atoms with Crippen LogP contribution in [0.25, 0.3) is 0 Å². The molecule has 1 aromatic rings. The predicted octanol–water partition coefficient (Wildman–Crippen LogP) is 2.98. The molecule has 1 N–H and O–H groups in total. The van der Waals surface area contributed by atoms with Crippen LogP contribution in [-0.4, -0.2) is 24.4 Å². The lowest BCUT2D eigenvalue weighted by Crippen LogP contribution is -2.60. The van der Waals surface area contributed by atoms with Gasteiger partial charge in [0.05, 0.1) is 15.2 Å². The van der Waals surface area contributed by atoms with Crippen LogP contribution in [0.1, 0.15) is 20.3 Å². The van der Waals surface area contributed by atoms with Gasteiger partial charge in [0.2, 0.25) is 11.8 Å². The molecule has 20 heavy (non-hydrogen) atoms. The first-order chi connectivity index (χ1) is 9.45. The van der Waals surface area contributed by atoms with Crippen LogP contribution in [0.4, 0.5) is 5.69 Å². The molecule has 0 saturated carbocycles. The van der Waals surface area contributed by atoms with Gasteiger partial charge >= 0.3 is 0 Å². The molecule has 2 unspecified atom stereocenters. The van der Waals surface area contributed by atoms with E-state index < -0.39 is 6.04 Å². The summed E-state index contributed by atoms with van der Waals surface area (Å²) in [6, 6.07) is 4.79. The van der Waals surface area contributed by atoms with E-state index in [0.29, 0.717) is 15.2 Å². The molecule has 2 rings (SSSR count). The smallest absolute Gasteiger partial charge is 0.250 e. The molecule has 6 heteroatoms. The number of hydrogen-bond donors (Lipinski definition) is 1. The molecule has 1 aromatic carbocycles. The van der Waals surface area contributed by atoms with Gasteiger partial charge in [0, 0.05) is 0 Å². The van der Waals surface area contributed by atoms with Crippen LogP contribution in [0.15, 0.2) is 22.7 Å². The minimum Gasteiger partial charge on any atom is -0.342 e. The van der Waals surface area contributed by atoms with Crippen molar-refractivity contribution in [1.29, 1.82) is 0 Å². The van der Waals surface area contributed by atoms with Crippen molar-refractivity contribution >= 4 is 45.0 Å². The molecule has 1 aliphatic heterocycles. The number of amides is 2. The number of carbonyl (C=O) groups excluding carboxylic acids is 2. The number of rotatable bonds is 3. The highest BCUT2D eigenvalue weighted by atomic mass is 79.9. The molecular weight excluding hydrogens is 344 g/mol. The summed E-state index contributed by atoms with van der Waals surface area (Å²) in [7, 11) is 0. The van der Waals surface area contributed by atoms with Gasteiger partial charge in [-0.05, 0) is 34.0 Å². The van der Waals surface area contributed by atoms with Crippen LogP contribution < -0.4 is 10.2 Å². The van der Waals surface area contributed by atoms with Gasteiger partial charge in [0.1, 0.15) is 12.6 Å². The Balaban J connectivity index is 2.37. The fourth-order valence-electron chi connectivity index (χ4n) is 2.20. The van der Waals surface area contributed by atoms with Gasteiger partial charge in [0.25, 0.3) is 0 Å². The molecule has 0 spiro atoms. The molecule has 1 fully saturated rings. The Morgan fingerprint density at radius 2 is 2.20 bits per heavy atom. The zero-order valence-electron chi connectivity index (χ0n) is 11.3. The Morgan fingerprint density at radius 3 is 2.85 bits per heavy atom. The second-order valence-corrected chi connectivity index (χ2v) is 6.13. The van der Waals surface area contributed by atoms with E-state index in [9.17, 15) is 9.59 Å². The Kier molecular flexibility index (Phi) is 4.70. The molecule has 2 atom stereocenters. The molecule has 108 valence electrons. The summed E-state index contributed by atoms with van der Waals surface area (Å²) >= 11 is 9.44. The molecule has 0 aromatic heterocycles. The fourth-order valence-corrected chi connectivity index (χ4v) is 2.84. The summed E-state index contributed by atoms with van der Waals surface area (Å²) in [6.07, 6.45) is 0.821. The molecule has 4 nitrogen and oxygen atoms in total. The molecular formula is C14H16BrClN2O2. The van der Waals surface area contributed by atoms with Crippen molar-refractivity contribution in [3.8, 4) is 0 Å². The lowest BCUT2D eigenvalue weighted by atomic mass is 9.96. The van der Waals surface area contributed by atoms with Crippen LogP contribution in [0.3, 0.4) is 0 Å². The van der Waals surface area contributed by atoms with E-state index in [1.807, 2.05) is 13.8 Å². The van der Waals surface area contributed by atoms with Crippen LogP contribution in [0, 0.1) is 5.92 Å². The number of hydrogen-bond acceptors (Lipinski definition) is 2. The third-order valence-corrected chi connectivity index (χ3v) is 4.96. The Morgan fingerprint density at radius 1 is 1.50 bits per heavy atom. The third kappa shape index (κ3) is 2.83. The van der Waals surface area contributed by atoms with E-state index in [2.05, 4.69) is 21.2 Å². The normalized spacial score (nSPS) is 20.8. The van der Waals surface area contributed by atoms with Crippen molar-refractivity contribution in [2.75, 3.05) is 11.4 Å². The van der Waals surface area contributed by atoms with Crippen molar-refractivity contribution in [3.05, 3.63) is 27.7 Å². The van der Waals surface area contributed by atoms with Crippen molar-refractivity contribution in [1.82, 2.24) is 5.32 Å². The summed E-state index contributed by atoms with van der Waals surface area (Å²) < 4.78 is 0.632. The minimum atomic E-state index is -0.480. The van der Waals surface area contributed by atoms with Gasteiger partial charge in [-0.25, -0.2) is 0 Å². The summed E-state index contributed by atoms with van der Waals surface area (Å²) in [6.45, 7) is 3.97. The fraction of sp³-hybridized carbons (Fsp3) is 0.429. The number of piperazine rings is 1. The summed E-state index contributed by atoms with van der Waals surface area (Å²) in [5, 5.41) is 3.29. The SMILES string of the molecule is CCC(C)C1NC(=O)CN(c2cccc(Cl)c2Br)C1=O. The first kappa shape index (κ1) is 15.3. The molecule has 1 heterocycles. The van der Waals surface area contributed by atoms with E-state index in [1.165, 1.54) is 4.90 Å². The first-order valence-corrected chi connectivity index (χ1v) is 7.67. The number of nitrogens with zero attached hydrogens (tertiary/aromatic N) is 1. The highest BCUT2D eigenvalue weighted by Gasteiger charge is 2.36. The largest absolute Gasteiger partial charge is 0.342 e. The lowest BCUT2D eigenvalue weighted by molar-refractivity contribution is -0.132. The highest BCUT2D eigenvalue weighted by Crippen LogP contribution is 2.34. The van der Waals surface area contributed by atoms with E-state index in [-0.39, 0.29) is 24.3 Å². The lowest BCUT2D eigenvalue weighted by Gasteiger charge is -2.35. The third-order valence-electron chi connectivity index (χ3n) is 3.59. The first-order valence-electron chi connectivity index (χ1n) is 6.50. The maximum atomic E-state index is 12.6. The van der Waals surface area contributed by atoms with Gasteiger partial charge in [-0.1, -0.05) is 37.9 Å². The van der Waals surface area contributed by atoms with Crippen LogP contribution in [-0.2, 0) is 9.59 Å². The van der Waals surface area contributed by atoms with Crippen LogP contribution in [0.5, 0.6) is 0 Å². The maximum absolute atomic E-state index is 12.6. The van der Waals surface area contributed by atoms with Gasteiger partial charge < -0.3 is 10.2 Å². The summed E-state index contributed by atoms with van der Waals surface area (Å²) in [5.41, 5.74) is 0.630. The quantitative estimate of drug-likeness (QED) is 0.902. The number of anilines is 1. The Labute approximate surface area is 131 Å². The Bertz CT molecular complexity index is 550. The number of benzene rings is 1. The summed E-state index contributed by atoms with van der Waals surface area (Å²) in [4.78, 5) is 25.9. The zero-order valence-corrected chi connectivity index (χ0v) is 13.7. The highest BCUT2D eigenvalue weighted by molar-refractivity contribution is 9.10. The van der Waals surface area contributed by atoms with E-state index in [4.69, 9.17) is 11.6 Å². The van der Waals surface area contributed by atoms with E-state index in [0.717, 1.165) is 6.42 Å². The van der Waals surface area contributed by atoms with Crippen molar-refractivity contribution in [3.63, 3.8) is 0 Å². The van der Waals surface area contributed by atoms with Crippen LogP contribution in [0.2, 0.25) is 5.02 Å². The summed E-state index contributed by atoms with van der Waals surface area (Å²) in [5.74, 6) is -0.157. The van der Waals surface area contributed by atoms with Crippen molar-refractivity contribution in [2.24, 2.45) is 5.92 Å². The zero-order chi connectivity index (χ0) is 14.9.